The second-order valence-corrected chi connectivity index (χ2v) is 8.81. The molecule has 0 aliphatic rings. The molecular formula is C21H13Br3N2O3. The van der Waals surface area contributed by atoms with Crippen LogP contribution in [0.2, 0.25) is 0 Å². The lowest BCUT2D eigenvalue weighted by Gasteiger charge is -2.09. The summed E-state index contributed by atoms with van der Waals surface area (Å²) in [4.78, 5) is 17.3. The number of carbonyl (C=O) groups is 1. The zero-order chi connectivity index (χ0) is 20.5. The van der Waals surface area contributed by atoms with Gasteiger partial charge in [-0.15, -0.1) is 0 Å². The minimum absolute atomic E-state index is 0.276. The van der Waals surface area contributed by atoms with Gasteiger partial charge in [0.05, 0.1) is 18.2 Å². The maximum absolute atomic E-state index is 12.7. The predicted octanol–water partition coefficient (Wildman–Crippen LogP) is 7.04. The van der Waals surface area contributed by atoms with E-state index in [4.69, 9.17) is 9.15 Å². The molecule has 0 aliphatic heterocycles. The van der Waals surface area contributed by atoms with Gasteiger partial charge in [0, 0.05) is 19.1 Å². The van der Waals surface area contributed by atoms with Crippen molar-refractivity contribution in [2.75, 3.05) is 12.4 Å². The summed E-state index contributed by atoms with van der Waals surface area (Å²) in [6.07, 6.45) is 0. The molecule has 0 aliphatic carbocycles. The monoisotopic (exact) mass is 578 g/mol. The Morgan fingerprint density at radius 2 is 1.76 bits per heavy atom. The molecule has 1 heterocycles. The number of oxazole rings is 1. The van der Waals surface area contributed by atoms with E-state index >= 15 is 0 Å². The molecule has 0 fully saturated rings. The number of carbonyl (C=O) groups excluding carboxylic acids is 1. The van der Waals surface area contributed by atoms with Gasteiger partial charge in [0.15, 0.2) is 5.58 Å². The van der Waals surface area contributed by atoms with Crippen LogP contribution in [-0.2, 0) is 0 Å². The lowest BCUT2D eigenvalue weighted by atomic mass is 10.2. The van der Waals surface area contributed by atoms with E-state index in [1.54, 1.807) is 30.3 Å². The van der Waals surface area contributed by atoms with Crippen molar-refractivity contribution in [2.24, 2.45) is 0 Å². The first-order valence-electron chi connectivity index (χ1n) is 8.45. The van der Waals surface area contributed by atoms with Crippen LogP contribution in [0.1, 0.15) is 10.4 Å². The van der Waals surface area contributed by atoms with Crippen molar-refractivity contribution in [3.8, 4) is 17.2 Å². The molecule has 0 saturated carbocycles. The van der Waals surface area contributed by atoms with Crippen LogP contribution in [-0.4, -0.2) is 18.0 Å². The molecule has 0 bridgehead atoms. The van der Waals surface area contributed by atoms with Crippen LogP contribution in [0, 0.1) is 0 Å². The number of hydrogen-bond acceptors (Lipinski definition) is 4. The van der Waals surface area contributed by atoms with Crippen LogP contribution in [0.3, 0.4) is 0 Å². The minimum atomic E-state index is -0.276. The zero-order valence-electron chi connectivity index (χ0n) is 15.0. The quantitative estimate of drug-likeness (QED) is 0.281. The van der Waals surface area contributed by atoms with Crippen molar-refractivity contribution >= 4 is 70.5 Å². The lowest BCUT2D eigenvalue weighted by Crippen LogP contribution is -2.13. The second kappa shape index (κ2) is 8.30. The molecule has 1 aromatic heterocycles. The van der Waals surface area contributed by atoms with Gasteiger partial charge in [-0.25, -0.2) is 4.98 Å². The normalized spacial score (nSPS) is 10.9. The summed E-state index contributed by atoms with van der Waals surface area (Å²) < 4.78 is 13.8. The summed E-state index contributed by atoms with van der Waals surface area (Å²) >= 11 is 10.3. The number of hydrogen-bond donors (Lipinski definition) is 1. The molecule has 29 heavy (non-hydrogen) atoms. The van der Waals surface area contributed by atoms with E-state index in [0.717, 1.165) is 19.0 Å². The van der Waals surface area contributed by atoms with Crippen LogP contribution >= 0.6 is 47.8 Å². The minimum Gasteiger partial charge on any atom is -0.496 e. The first-order chi connectivity index (χ1) is 13.9. The molecule has 8 heteroatoms. The first kappa shape index (κ1) is 20.1. The summed E-state index contributed by atoms with van der Waals surface area (Å²) in [7, 11) is 1.53. The molecule has 0 spiro atoms. The Morgan fingerprint density at radius 3 is 2.52 bits per heavy atom. The highest BCUT2D eigenvalue weighted by Crippen LogP contribution is 2.33. The largest absolute Gasteiger partial charge is 0.496 e. The number of benzene rings is 3. The Balaban J connectivity index is 1.64. The van der Waals surface area contributed by atoms with Gasteiger partial charge in [0.1, 0.15) is 11.3 Å². The third kappa shape index (κ3) is 4.24. The van der Waals surface area contributed by atoms with Crippen molar-refractivity contribution in [3.05, 3.63) is 73.6 Å². The topological polar surface area (TPSA) is 64.4 Å². The fourth-order valence-corrected chi connectivity index (χ4v) is 4.42. The summed E-state index contributed by atoms with van der Waals surface area (Å²) in [5, 5.41) is 2.88. The summed E-state index contributed by atoms with van der Waals surface area (Å²) in [6.45, 7) is 0. The highest BCUT2D eigenvalue weighted by Gasteiger charge is 2.15. The summed E-state index contributed by atoms with van der Waals surface area (Å²) in [5.74, 6) is 0.717. The SMILES string of the molecule is COc1ccc(Br)cc1C(=O)Nc1ccc2oc(-c3ccc(Br)cc3Br)nc2c1. The molecule has 0 atom stereocenters. The molecule has 146 valence electrons. The van der Waals surface area contributed by atoms with E-state index in [0.29, 0.717) is 34.0 Å². The Labute approximate surface area is 191 Å². The number of nitrogens with zero attached hydrogens (tertiary/aromatic N) is 1. The summed E-state index contributed by atoms with van der Waals surface area (Å²) in [6, 6.07) is 16.4. The van der Waals surface area contributed by atoms with Crippen molar-refractivity contribution in [1.82, 2.24) is 4.98 Å². The van der Waals surface area contributed by atoms with E-state index in [2.05, 4.69) is 58.1 Å². The smallest absolute Gasteiger partial charge is 0.259 e. The van der Waals surface area contributed by atoms with Crippen molar-refractivity contribution < 1.29 is 13.9 Å². The number of fused-ring (bicyclic) bond motifs is 1. The zero-order valence-corrected chi connectivity index (χ0v) is 19.8. The van der Waals surface area contributed by atoms with Gasteiger partial charge < -0.3 is 14.5 Å². The average molecular weight is 581 g/mol. The van der Waals surface area contributed by atoms with Crippen LogP contribution in [0.4, 0.5) is 5.69 Å². The Kier molecular flexibility index (Phi) is 5.76. The maximum atomic E-state index is 12.7. The van der Waals surface area contributed by atoms with Crippen LogP contribution in [0.25, 0.3) is 22.6 Å². The standard InChI is InChI=1S/C21H13Br3N2O3/c1-28-18-6-3-11(22)8-15(18)20(27)25-13-4-7-19-17(10-13)26-21(29-19)14-5-2-12(23)9-16(14)24/h2-10H,1H3,(H,25,27). The van der Waals surface area contributed by atoms with Crippen LogP contribution in [0.5, 0.6) is 5.75 Å². The molecule has 0 unspecified atom stereocenters. The maximum Gasteiger partial charge on any atom is 0.259 e. The predicted molar refractivity (Wildman–Crippen MR) is 123 cm³/mol. The van der Waals surface area contributed by atoms with Gasteiger partial charge >= 0.3 is 0 Å². The third-order valence-electron chi connectivity index (χ3n) is 4.21. The Hall–Kier alpha value is -2.16. The number of anilines is 1. The number of ether oxygens (including phenoxy) is 1. The molecule has 4 aromatic rings. The summed E-state index contributed by atoms with van der Waals surface area (Å²) in [5.41, 5.74) is 3.16. The lowest BCUT2D eigenvalue weighted by molar-refractivity contribution is 0.102. The van der Waals surface area contributed by atoms with Crippen molar-refractivity contribution in [2.45, 2.75) is 0 Å². The number of halogens is 3. The molecule has 1 amide bonds. The van der Waals surface area contributed by atoms with E-state index < -0.39 is 0 Å². The highest BCUT2D eigenvalue weighted by molar-refractivity contribution is 9.11. The first-order valence-corrected chi connectivity index (χ1v) is 10.8. The van der Waals surface area contributed by atoms with Crippen LogP contribution < -0.4 is 10.1 Å². The van der Waals surface area contributed by atoms with Gasteiger partial charge in [-0.05, 0) is 70.5 Å². The molecule has 3 aromatic carbocycles. The molecule has 4 rings (SSSR count). The number of methoxy groups -OCH3 is 1. The van der Waals surface area contributed by atoms with E-state index in [1.165, 1.54) is 7.11 Å². The van der Waals surface area contributed by atoms with E-state index in [9.17, 15) is 4.79 Å². The Bertz CT molecular complexity index is 1240. The number of amides is 1. The van der Waals surface area contributed by atoms with Gasteiger partial charge in [0.2, 0.25) is 5.89 Å². The highest BCUT2D eigenvalue weighted by atomic mass is 79.9. The molecule has 1 N–H and O–H groups in total. The van der Waals surface area contributed by atoms with Crippen molar-refractivity contribution in [1.29, 1.82) is 0 Å². The van der Waals surface area contributed by atoms with Gasteiger partial charge in [-0.2, -0.15) is 0 Å². The van der Waals surface area contributed by atoms with Gasteiger partial charge in [-0.1, -0.05) is 31.9 Å². The van der Waals surface area contributed by atoms with E-state index in [1.807, 2.05) is 24.3 Å². The average Bonchev–Trinajstić information content (AvgIpc) is 3.10. The third-order valence-corrected chi connectivity index (χ3v) is 5.86. The van der Waals surface area contributed by atoms with Crippen LogP contribution in [0.15, 0.2) is 72.4 Å². The second-order valence-electron chi connectivity index (χ2n) is 6.12. The number of nitrogens with one attached hydrogen (secondary N) is 1. The van der Waals surface area contributed by atoms with Gasteiger partial charge in [-0.3, -0.25) is 4.79 Å². The molecule has 5 nitrogen and oxygen atoms in total. The Morgan fingerprint density at radius 1 is 1.00 bits per heavy atom. The van der Waals surface area contributed by atoms with E-state index in [-0.39, 0.29) is 5.91 Å². The number of aromatic nitrogens is 1. The van der Waals surface area contributed by atoms with Gasteiger partial charge in [0.25, 0.3) is 5.91 Å². The fraction of sp³-hybridized carbons (Fsp3) is 0.0476. The molecule has 0 saturated heterocycles. The molecule has 0 radical (unpaired) electrons. The molecular weight excluding hydrogens is 568 g/mol. The fourth-order valence-electron chi connectivity index (χ4n) is 2.84. The van der Waals surface area contributed by atoms with Crippen molar-refractivity contribution in [3.63, 3.8) is 0 Å². The number of rotatable bonds is 4.